The first-order chi connectivity index (χ1) is 17.3. The van der Waals surface area contributed by atoms with Gasteiger partial charge >= 0.3 is 0 Å². The molecule has 2 heteroatoms. The zero-order chi connectivity index (χ0) is 24.7. The molecule has 5 rings (SSSR count). The third kappa shape index (κ3) is 9.07. The number of hydrogen-bond donors (Lipinski definition) is 1. The molecule has 1 saturated heterocycles. The maximum atomic E-state index is 3.30. The van der Waals surface area contributed by atoms with Gasteiger partial charge in [-0.1, -0.05) is 118 Å². The highest BCUT2D eigenvalue weighted by atomic mass is 15.1. The van der Waals surface area contributed by atoms with Crippen molar-refractivity contribution in [3.8, 4) is 0 Å². The summed E-state index contributed by atoms with van der Waals surface area (Å²) in [5.74, 6) is 1.58. The van der Waals surface area contributed by atoms with Gasteiger partial charge in [0, 0.05) is 31.0 Å². The van der Waals surface area contributed by atoms with Crippen LogP contribution in [0.2, 0.25) is 0 Å². The Bertz CT molecular complexity index is 1010. The predicted molar refractivity (Wildman–Crippen MR) is 152 cm³/mol. The molecule has 0 saturated carbocycles. The van der Waals surface area contributed by atoms with Crippen molar-refractivity contribution in [1.29, 1.82) is 0 Å². The summed E-state index contributed by atoms with van der Waals surface area (Å²) < 4.78 is 0. The predicted octanol–water partition coefficient (Wildman–Crippen LogP) is 8.45. The Labute approximate surface area is 212 Å². The fourth-order valence-corrected chi connectivity index (χ4v) is 4.51. The Kier molecular flexibility index (Phi) is 11.1. The first kappa shape index (κ1) is 26.2. The van der Waals surface area contributed by atoms with Gasteiger partial charge < -0.3 is 5.32 Å². The lowest BCUT2D eigenvalue weighted by atomic mass is 9.91. The van der Waals surface area contributed by atoms with Gasteiger partial charge in [0.25, 0.3) is 0 Å². The minimum atomic E-state index is 0.791. The van der Waals surface area contributed by atoms with Crippen LogP contribution in [0.5, 0.6) is 0 Å². The quantitative estimate of drug-likeness (QED) is 0.308. The van der Waals surface area contributed by atoms with Crippen LogP contribution in [0.4, 0.5) is 11.4 Å². The van der Waals surface area contributed by atoms with Crippen molar-refractivity contribution in [2.45, 2.75) is 33.7 Å². The summed E-state index contributed by atoms with van der Waals surface area (Å²) in [4.78, 5) is 2.60. The first-order valence-electron chi connectivity index (χ1n) is 12.9. The number of nitrogens with one attached hydrogen (secondary N) is 1. The summed E-state index contributed by atoms with van der Waals surface area (Å²) in [7, 11) is 0. The van der Waals surface area contributed by atoms with Gasteiger partial charge in [0.15, 0.2) is 0 Å². The number of anilines is 2. The van der Waals surface area contributed by atoms with E-state index in [2.05, 4.69) is 77.8 Å². The van der Waals surface area contributed by atoms with E-state index in [-0.39, 0.29) is 0 Å². The third-order valence-electron chi connectivity index (χ3n) is 6.27. The topological polar surface area (TPSA) is 15.3 Å². The van der Waals surface area contributed by atoms with E-state index in [4.69, 9.17) is 0 Å². The SMILES string of the molecule is CC.C[C@H]1CN(Cc2ccccc2)C[C@@H]1Cc1ccccc1.c1ccc(Nc2ccccc2)cc1. The molecule has 182 valence electrons. The van der Waals surface area contributed by atoms with Crippen LogP contribution in [-0.4, -0.2) is 18.0 Å². The minimum Gasteiger partial charge on any atom is -0.356 e. The van der Waals surface area contributed by atoms with Crippen LogP contribution < -0.4 is 5.32 Å². The number of benzene rings is 4. The average molecular weight is 465 g/mol. The molecule has 0 aliphatic carbocycles. The Morgan fingerprint density at radius 2 is 1.03 bits per heavy atom. The molecule has 0 radical (unpaired) electrons. The van der Waals surface area contributed by atoms with E-state index < -0.39 is 0 Å². The van der Waals surface area contributed by atoms with E-state index in [1.165, 1.54) is 30.6 Å². The second-order valence-corrected chi connectivity index (χ2v) is 8.96. The van der Waals surface area contributed by atoms with Crippen LogP contribution in [0.25, 0.3) is 0 Å². The second-order valence-electron chi connectivity index (χ2n) is 8.96. The molecule has 1 fully saturated rings. The minimum absolute atomic E-state index is 0.791. The van der Waals surface area contributed by atoms with Crippen LogP contribution in [0.15, 0.2) is 121 Å². The zero-order valence-electron chi connectivity index (χ0n) is 21.5. The number of para-hydroxylation sites is 2. The summed E-state index contributed by atoms with van der Waals surface area (Å²) in [6.45, 7) is 9.95. The smallest absolute Gasteiger partial charge is 0.0384 e. The maximum Gasteiger partial charge on any atom is 0.0384 e. The van der Waals surface area contributed by atoms with E-state index in [9.17, 15) is 0 Å². The first-order valence-corrected chi connectivity index (χ1v) is 12.9. The number of nitrogens with zero attached hydrogens (tertiary/aromatic N) is 1. The van der Waals surface area contributed by atoms with Gasteiger partial charge in [-0.05, 0) is 53.6 Å². The molecule has 0 amide bonds. The van der Waals surface area contributed by atoms with Gasteiger partial charge in [-0.3, -0.25) is 4.90 Å². The van der Waals surface area contributed by atoms with Gasteiger partial charge in [-0.15, -0.1) is 0 Å². The van der Waals surface area contributed by atoms with E-state index in [1.54, 1.807) is 0 Å². The van der Waals surface area contributed by atoms with Crippen molar-refractivity contribution in [3.63, 3.8) is 0 Å². The van der Waals surface area contributed by atoms with Crippen LogP contribution in [0, 0.1) is 11.8 Å². The van der Waals surface area contributed by atoms with Crippen LogP contribution in [0.1, 0.15) is 31.9 Å². The number of likely N-dealkylation sites (tertiary alicyclic amines) is 1. The highest BCUT2D eigenvalue weighted by Gasteiger charge is 2.29. The molecule has 0 spiro atoms. The molecule has 2 atom stereocenters. The number of hydrogen-bond acceptors (Lipinski definition) is 2. The van der Waals surface area contributed by atoms with Crippen LogP contribution in [0.3, 0.4) is 0 Å². The molecule has 1 N–H and O–H groups in total. The van der Waals surface area contributed by atoms with Crippen molar-refractivity contribution >= 4 is 11.4 Å². The lowest BCUT2D eigenvalue weighted by Crippen LogP contribution is -2.20. The third-order valence-corrected chi connectivity index (χ3v) is 6.27. The zero-order valence-corrected chi connectivity index (χ0v) is 21.5. The van der Waals surface area contributed by atoms with Gasteiger partial charge in [0.2, 0.25) is 0 Å². The number of rotatable bonds is 6. The Morgan fingerprint density at radius 1 is 0.600 bits per heavy atom. The van der Waals surface area contributed by atoms with Gasteiger partial charge in [0.1, 0.15) is 0 Å². The molecule has 2 nitrogen and oxygen atoms in total. The maximum absolute atomic E-state index is 3.30. The molecule has 1 aliphatic heterocycles. The van der Waals surface area contributed by atoms with Crippen molar-refractivity contribution < 1.29 is 0 Å². The van der Waals surface area contributed by atoms with Crippen molar-refractivity contribution in [2.24, 2.45) is 11.8 Å². The van der Waals surface area contributed by atoms with Gasteiger partial charge in [0.05, 0.1) is 0 Å². The fraction of sp³-hybridized carbons (Fsp3) is 0.273. The van der Waals surface area contributed by atoms with Crippen LogP contribution in [-0.2, 0) is 13.0 Å². The van der Waals surface area contributed by atoms with Crippen molar-refractivity contribution in [3.05, 3.63) is 132 Å². The van der Waals surface area contributed by atoms with E-state index in [0.717, 1.165) is 29.8 Å². The summed E-state index contributed by atoms with van der Waals surface area (Å²) in [5.41, 5.74) is 5.15. The molecule has 35 heavy (non-hydrogen) atoms. The van der Waals surface area contributed by atoms with E-state index in [0.29, 0.717) is 0 Å². The monoisotopic (exact) mass is 464 g/mol. The van der Waals surface area contributed by atoms with E-state index in [1.807, 2.05) is 74.5 Å². The van der Waals surface area contributed by atoms with Gasteiger partial charge in [-0.25, -0.2) is 0 Å². The fourth-order valence-electron chi connectivity index (χ4n) is 4.51. The van der Waals surface area contributed by atoms with Crippen LogP contribution >= 0.6 is 0 Å². The lowest BCUT2D eigenvalue weighted by Gasteiger charge is -2.16. The van der Waals surface area contributed by atoms with Crippen molar-refractivity contribution in [2.75, 3.05) is 18.4 Å². The highest BCUT2D eigenvalue weighted by molar-refractivity contribution is 5.58. The Balaban J connectivity index is 0.000000197. The molecule has 0 unspecified atom stereocenters. The summed E-state index contributed by atoms with van der Waals surface area (Å²) in [6, 6.07) is 42.0. The average Bonchev–Trinajstić information content (AvgIpc) is 3.26. The molecule has 1 heterocycles. The van der Waals surface area contributed by atoms with Crippen molar-refractivity contribution in [1.82, 2.24) is 4.90 Å². The summed E-state index contributed by atoms with van der Waals surface area (Å²) in [5, 5.41) is 3.30. The molecule has 4 aromatic rings. The highest BCUT2D eigenvalue weighted by Crippen LogP contribution is 2.27. The lowest BCUT2D eigenvalue weighted by molar-refractivity contribution is 0.314. The standard InChI is InChI=1S/C19H23N.C12H11N.C2H6/c1-16-13-20(14-18-10-6-3-7-11-18)15-19(16)12-17-8-4-2-5-9-17;1-3-7-11(8-4-1)13-12-9-5-2-6-10-12;1-2/h2-11,16,19H,12-15H2,1H3;1-10,13H;1-2H3/t16-,19-;;/m0../s1. The molecule has 0 aromatic heterocycles. The molecule has 4 aromatic carbocycles. The molecular formula is C33H40N2. The summed E-state index contributed by atoms with van der Waals surface area (Å²) in [6.07, 6.45) is 1.22. The molecule has 1 aliphatic rings. The van der Waals surface area contributed by atoms with Gasteiger partial charge in [-0.2, -0.15) is 0 Å². The Hall–Kier alpha value is -3.36. The van der Waals surface area contributed by atoms with E-state index >= 15 is 0 Å². The molecular weight excluding hydrogens is 424 g/mol. The summed E-state index contributed by atoms with van der Waals surface area (Å²) >= 11 is 0. The molecule has 0 bridgehead atoms. The largest absolute Gasteiger partial charge is 0.356 e. The second kappa shape index (κ2) is 14.8. The Morgan fingerprint density at radius 3 is 1.51 bits per heavy atom. The normalized spacial score (nSPS) is 16.9.